The molecule has 5 nitrogen and oxygen atoms in total. The van der Waals surface area contributed by atoms with Gasteiger partial charge in [-0.25, -0.2) is 4.98 Å². The first-order valence-corrected chi connectivity index (χ1v) is 5.72. The zero-order valence-electron chi connectivity index (χ0n) is 9.88. The number of rotatable bonds is 5. The zero-order valence-corrected chi connectivity index (χ0v) is 9.88. The lowest BCUT2D eigenvalue weighted by molar-refractivity contribution is 0.317. The Labute approximate surface area is 104 Å². The van der Waals surface area contributed by atoms with Gasteiger partial charge in [-0.3, -0.25) is 4.39 Å². The Morgan fingerprint density at radius 1 is 1.44 bits per heavy atom. The van der Waals surface area contributed by atoms with Crippen LogP contribution in [0, 0.1) is 0 Å². The van der Waals surface area contributed by atoms with Gasteiger partial charge in [0, 0.05) is 6.54 Å². The molecule has 2 rings (SSSR count). The van der Waals surface area contributed by atoms with Crippen LogP contribution in [-0.4, -0.2) is 27.3 Å². The van der Waals surface area contributed by atoms with Crippen LogP contribution in [0.15, 0.2) is 29.4 Å². The van der Waals surface area contributed by atoms with Gasteiger partial charge >= 0.3 is 0 Å². The normalized spacial score (nSPS) is 12.2. The predicted molar refractivity (Wildman–Crippen MR) is 67.4 cm³/mol. The molecule has 0 fully saturated rings. The quantitative estimate of drug-likeness (QED) is 0.367. The van der Waals surface area contributed by atoms with Crippen molar-refractivity contribution in [1.29, 1.82) is 0 Å². The van der Waals surface area contributed by atoms with Gasteiger partial charge in [-0.05, 0) is 18.6 Å². The molecule has 0 saturated heterocycles. The number of para-hydroxylation sites is 2. The molecule has 1 heterocycles. The minimum absolute atomic E-state index is 0.0896. The average molecular weight is 250 g/mol. The van der Waals surface area contributed by atoms with Crippen molar-refractivity contribution in [1.82, 2.24) is 9.55 Å². The smallest absolute Gasteiger partial charge is 0.146 e. The number of hydrogen-bond acceptors (Lipinski definition) is 3. The molecule has 0 atom stereocenters. The third kappa shape index (κ3) is 2.42. The maximum absolute atomic E-state index is 12.3. The molecule has 1 aromatic carbocycles. The molecule has 0 saturated carbocycles. The Hall–Kier alpha value is -2.11. The Morgan fingerprint density at radius 3 is 2.94 bits per heavy atom. The first-order valence-electron chi connectivity index (χ1n) is 5.72. The summed E-state index contributed by atoms with van der Waals surface area (Å²) in [6.45, 7) is 0.153. The Morgan fingerprint density at radius 2 is 2.22 bits per heavy atom. The Balaban J connectivity index is 2.42. The molecule has 18 heavy (non-hydrogen) atoms. The van der Waals surface area contributed by atoms with Gasteiger partial charge in [-0.15, -0.1) is 0 Å². The van der Waals surface area contributed by atoms with Gasteiger partial charge in [0.15, 0.2) is 0 Å². The van der Waals surface area contributed by atoms with Gasteiger partial charge in [0.25, 0.3) is 0 Å². The first kappa shape index (κ1) is 12.3. The summed E-state index contributed by atoms with van der Waals surface area (Å²) in [6.07, 6.45) is 0.668. The number of halogens is 1. The van der Waals surface area contributed by atoms with Crippen LogP contribution in [0.3, 0.4) is 0 Å². The highest BCUT2D eigenvalue weighted by Crippen LogP contribution is 2.17. The van der Waals surface area contributed by atoms with E-state index in [0.717, 1.165) is 11.0 Å². The van der Waals surface area contributed by atoms with Gasteiger partial charge in [-0.2, -0.15) is 0 Å². The van der Waals surface area contributed by atoms with E-state index in [1.165, 1.54) is 0 Å². The van der Waals surface area contributed by atoms with Crippen LogP contribution in [0.4, 0.5) is 4.39 Å². The SMILES string of the molecule is N/C(Cc1nc2ccccc2n1CCCF)=N/O. The van der Waals surface area contributed by atoms with Crippen molar-refractivity contribution in [3.05, 3.63) is 30.1 Å². The third-order valence-electron chi connectivity index (χ3n) is 2.72. The number of aryl methyl sites for hydroxylation is 1. The lowest BCUT2D eigenvalue weighted by atomic mass is 10.3. The molecule has 0 aliphatic heterocycles. The molecule has 1 aromatic heterocycles. The van der Waals surface area contributed by atoms with E-state index < -0.39 is 0 Å². The summed E-state index contributed by atoms with van der Waals surface area (Å²) in [5.41, 5.74) is 7.26. The van der Waals surface area contributed by atoms with Crippen LogP contribution < -0.4 is 5.73 Å². The number of nitrogens with two attached hydrogens (primary N) is 1. The summed E-state index contributed by atoms with van der Waals surface area (Å²) in [5.74, 6) is 0.770. The zero-order chi connectivity index (χ0) is 13.0. The minimum atomic E-state index is -0.379. The largest absolute Gasteiger partial charge is 0.409 e. The molecule has 0 spiro atoms. The number of amidine groups is 1. The van der Waals surface area contributed by atoms with E-state index in [2.05, 4.69) is 10.1 Å². The Bertz CT molecular complexity index is 564. The molecule has 0 aliphatic rings. The van der Waals surface area contributed by atoms with Crippen LogP contribution in [0.2, 0.25) is 0 Å². The highest BCUT2D eigenvalue weighted by Gasteiger charge is 2.11. The molecule has 0 aliphatic carbocycles. The summed E-state index contributed by atoms with van der Waals surface area (Å²) >= 11 is 0. The van der Waals surface area contributed by atoms with Gasteiger partial charge in [0.05, 0.1) is 24.1 Å². The summed E-state index contributed by atoms with van der Waals surface area (Å²) in [6, 6.07) is 7.61. The number of benzene rings is 1. The van der Waals surface area contributed by atoms with E-state index in [4.69, 9.17) is 10.9 Å². The van der Waals surface area contributed by atoms with E-state index in [-0.39, 0.29) is 18.9 Å². The number of alkyl halides is 1. The molecule has 2 aromatic rings. The van der Waals surface area contributed by atoms with E-state index in [1.54, 1.807) is 0 Å². The second-order valence-electron chi connectivity index (χ2n) is 3.98. The van der Waals surface area contributed by atoms with Crippen LogP contribution in [-0.2, 0) is 13.0 Å². The standard InChI is InChI=1S/C12H15FN4O/c13-6-3-7-17-10-5-2-1-4-9(10)15-12(17)8-11(14)16-18/h1-2,4-5,18H,3,6-8H2,(H2,14,16). The highest BCUT2D eigenvalue weighted by atomic mass is 19.1. The van der Waals surface area contributed by atoms with Gasteiger partial charge < -0.3 is 15.5 Å². The molecule has 3 N–H and O–H groups in total. The van der Waals surface area contributed by atoms with Crippen molar-refractivity contribution in [2.24, 2.45) is 10.9 Å². The second kappa shape index (κ2) is 5.48. The van der Waals surface area contributed by atoms with E-state index in [9.17, 15) is 4.39 Å². The fourth-order valence-corrected chi connectivity index (χ4v) is 1.93. The maximum atomic E-state index is 12.3. The summed E-state index contributed by atoms with van der Waals surface area (Å²) in [7, 11) is 0. The maximum Gasteiger partial charge on any atom is 0.146 e. The van der Waals surface area contributed by atoms with Crippen molar-refractivity contribution < 1.29 is 9.60 Å². The van der Waals surface area contributed by atoms with Gasteiger partial charge in [-0.1, -0.05) is 17.3 Å². The minimum Gasteiger partial charge on any atom is -0.409 e. The molecule has 0 amide bonds. The molecule has 0 radical (unpaired) electrons. The third-order valence-corrected chi connectivity index (χ3v) is 2.72. The highest BCUT2D eigenvalue weighted by molar-refractivity contribution is 5.83. The number of nitrogens with zero attached hydrogens (tertiary/aromatic N) is 3. The lowest BCUT2D eigenvalue weighted by Crippen LogP contribution is -2.18. The van der Waals surface area contributed by atoms with E-state index >= 15 is 0 Å². The van der Waals surface area contributed by atoms with Crippen molar-refractivity contribution in [2.75, 3.05) is 6.67 Å². The van der Waals surface area contributed by atoms with Crippen LogP contribution in [0.5, 0.6) is 0 Å². The van der Waals surface area contributed by atoms with E-state index in [1.807, 2.05) is 28.8 Å². The average Bonchev–Trinajstić information content (AvgIpc) is 2.73. The topological polar surface area (TPSA) is 76.4 Å². The van der Waals surface area contributed by atoms with Crippen molar-refractivity contribution in [2.45, 2.75) is 19.4 Å². The summed E-state index contributed by atoms with van der Waals surface area (Å²) in [4.78, 5) is 4.42. The van der Waals surface area contributed by atoms with Crippen molar-refractivity contribution >= 4 is 16.9 Å². The fourth-order valence-electron chi connectivity index (χ4n) is 1.93. The number of imidazole rings is 1. The Kier molecular flexibility index (Phi) is 3.76. The predicted octanol–water partition coefficient (Wildman–Crippen LogP) is 1.68. The number of hydrogen-bond donors (Lipinski definition) is 2. The van der Waals surface area contributed by atoms with Crippen LogP contribution >= 0.6 is 0 Å². The monoisotopic (exact) mass is 250 g/mol. The van der Waals surface area contributed by atoms with Crippen molar-refractivity contribution in [3.8, 4) is 0 Å². The van der Waals surface area contributed by atoms with Crippen molar-refractivity contribution in [3.63, 3.8) is 0 Å². The number of fused-ring (bicyclic) bond motifs is 1. The second-order valence-corrected chi connectivity index (χ2v) is 3.98. The first-order chi connectivity index (χ1) is 8.76. The van der Waals surface area contributed by atoms with Crippen LogP contribution in [0.1, 0.15) is 12.2 Å². The molecule has 96 valence electrons. The van der Waals surface area contributed by atoms with E-state index in [0.29, 0.717) is 18.8 Å². The molecule has 0 bridgehead atoms. The summed E-state index contributed by atoms with van der Waals surface area (Å²) in [5, 5.41) is 11.5. The van der Waals surface area contributed by atoms with Gasteiger partial charge in [0.2, 0.25) is 0 Å². The van der Waals surface area contributed by atoms with Crippen LogP contribution in [0.25, 0.3) is 11.0 Å². The molecular formula is C12H15FN4O. The molecule has 0 unspecified atom stereocenters. The summed E-state index contributed by atoms with van der Waals surface area (Å²) < 4.78 is 14.2. The van der Waals surface area contributed by atoms with Gasteiger partial charge in [0.1, 0.15) is 11.7 Å². The molecule has 6 heteroatoms. The fraction of sp³-hybridized carbons (Fsp3) is 0.333. The molecular weight excluding hydrogens is 235 g/mol. The number of aromatic nitrogens is 2. The lowest BCUT2D eigenvalue weighted by Gasteiger charge is -2.07. The number of oxime groups is 1.